The molecule has 0 amide bonds. The Morgan fingerprint density at radius 2 is 2.00 bits per heavy atom. The molecular weight excluding hydrogens is 336 g/mol. The molecule has 112 valence electrons. The molecule has 0 radical (unpaired) electrons. The number of halogens is 1. The van der Waals surface area contributed by atoms with Gasteiger partial charge in [0.2, 0.25) is 11.7 Å². The molecule has 1 saturated heterocycles. The van der Waals surface area contributed by atoms with Crippen molar-refractivity contribution in [2.24, 2.45) is 5.92 Å². The van der Waals surface area contributed by atoms with Crippen molar-refractivity contribution in [3.63, 3.8) is 0 Å². The van der Waals surface area contributed by atoms with E-state index in [1.54, 1.807) is 12.3 Å². The number of nitrogens with two attached hydrogens (primary N) is 1. The van der Waals surface area contributed by atoms with Gasteiger partial charge in [-0.25, -0.2) is 4.98 Å². The second-order valence-corrected chi connectivity index (χ2v) is 6.33. The Morgan fingerprint density at radius 1 is 1.24 bits per heavy atom. The van der Waals surface area contributed by atoms with E-state index in [1.807, 2.05) is 6.92 Å². The molecule has 0 bridgehead atoms. The first-order valence-electron chi connectivity index (χ1n) is 6.88. The first kappa shape index (κ1) is 14.5. The summed E-state index contributed by atoms with van der Waals surface area (Å²) in [7, 11) is 0. The molecule has 1 aliphatic heterocycles. The van der Waals surface area contributed by atoms with Crippen LogP contribution in [0.25, 0.3) is 11.4 Å². The Labute approximate surface area is 131 Å². The second kappa shape index (κ2) is 5.38. The molecule has 0 aromatic carbocycles. The van der Waals surface area contributed by atoms with Crippen molar-refractivity contribution in [2.45, 2.75) is 38.9 Å². The van der Waals surface area contributed by atoms with Crippen LogP contribution in [0, 0.1) is 5.92 Å². The molecule has 0 spiro atoms. The lowest BCUT2D eigenvalue weighted by atomic mass is 9.89. The molecular formula is C14H17BrN4O2. The molecule has 0 aliphatic carbocycles. The van der Waals surface area contributed by atoms with Gasteiger partial charge in [0.1, 0.15) is 5.82 Å². The molecule has 21 heavy (non-hydrogen) atoms. The third-order valence-corrected chi connectivity index (χ3v) is 4.72. The van der Waals surface area contributed by atoms with Crippen LogP contribution in [0.2, 0.25) is 0 Å². The van der Waals surface area contributed by atoms with Gasteiger partial charge in [0.05, 0.1) is 18.1 Å². The predicted octanol–water partition coefficient (Wildman–Crippen LogP) is 3.00. The fraction of sp³-hybridized carbons (Fsp3) is 0.500. The van der Waals surface area contributed by atoms with Gasteiger partial charge < -0.3 is 15.0 Å². The standard InChI is InChI=1S/C14H17BrN4O2/c1-6-7(2)20-8(3)12(6)14-18-13(19-21-14)9-4-11(16)17-5-10(9)15/h4-8,12H,1-3H3,(H2,16,17). The van der Waals surface area contributed by atoms with Crippen LogP contribution in [-0.4, -0.2) is 27.3 Å². The normalized spacial score (nSPS) is 29.0. The molecule has 0 saturated carbocycles. The van der Waals surface area contributed by atoms with Gasteiger partial charge in [0.15, 0.2) is 0 Å². The minimum atomic E-state index is 0.0641. The monoisotopic (exact) mass is 352 g/mol. The van der Waals surface area contributed by atoms with Crippen LogP contribution in [0.4, 0.5) is 5.82 Å². The van der Waals surface area contributed by atoms with Crippen LogP contribution in [0.5, 0.6) is 0 Å². The Bertz CT molecular complexity index is 660. The highest BCUT2D eigenvalue weighted by molar-refractivity contribution is 9.10. The van der Waals surface area contributed by atoms with Crippen LogP contribution in [0.1, 0.15) is 32.6 Å². The summed E-state index contributed by atoms with van der Waals surface area (Å²) in [6, 6.07) is 1.72. The van der Waals surface area contributed by atoms with Crippen molar-refractivity contribution >= 4 is 21.7 Å². The molecule has 4 unspecified atom stereocenters. The lowest BCUT2D eigenvalue weighted by Gasteiger charge is -2.12. The smallest absolute Gasteiger partial charge is 0.233 e. The van der Waals surface area contributed by atoms with Crippen molar-refractivity contribution in [1.29, 1.82) is 0 Å². The Balaban J connectivity index is 1.95. The zero-order chi connectivity index (χ0) is 15.1. The van der Waals surface area contributed by atoms with Gasteiger partial charge in [0, 0.05) is 16.2 Å². The first-order chi connectivity index (χ1) is 9.97. The summed E-state index contributed by atoms with van der Waals surface area (Å²) < 4.78 is 12.1. The van der Waals surface area contributed by atoms with E-state index in [-0.39, 0.29) is 18.1 Å². The van der Waals surface area contributed by atoms with E-state index in [0.29, 0.717) is 23.5 Å². The first-order valence-corrected chi connectivity index (χ1v) is 7.67. The highest BCUT2D eigenvalue weighted by atomic mass is 79.9. The Hall–Kier alpha value is -1.47. The lowest BCUT2D eigenvalue weighted by molar-refractivity contribution is 0.0542. The summed E-state index contributed by atoms with van der Waals surface area (Å²) >= 11 is 3.43. The van der Waals surface area contributed by atoms with E-state index in [0.717, 1.165) is 10.0 Å². The SMILES string of the molecule is CC1OC(C)C(c2nc(-c3cc(N)ncc3Br)no2)C1C. The maximum absolute atomic E-state index is 5.83. The van der Waals surface area contributed by atoms with Crippen molar-refractivity contribution in [3.8, 4) is 11.4 Å². The number of aromatic nitrogens is 3. The van der Waals surface area contributed by atoms with E-state index in [1.165, 1.54) is 0 Å². The summed E-state index contributed by atoms with van der Waals surface area (Å²) in [4.78, 5) is 8.54. The second-order valence-electron chi connectivity index (χ2n) is 5.48. The van der Waals surface area contributed by atoms with Crippen molar-refractivity contribution in [2.75, 3.05) is 5.73 Å². The summed E-state index contributed by atoms with van der Waals surface area (Å²) in [5.74, 6) is 1.97. The molecule has 4 atom stereocenters. The van der Waals surface area contributed by atoms with Crippen LogP contribution in [-0.2, 0) is 4.74 Å². The minimum Gasteiger partial charge on any atom is -0.384 e. The third-order valence-electron chi connectivity index (χ3n) is 4.09. The molecule has 3 rings (SSSR count). The van der Waals surface area contributed by atoms with Crippen molar-refractivity contribution in [3.05, 3.63) is 22.6 Å². The van der Waals surface area contributed by atoms with E-state index in [4.69, 9.17) is 15.0 Å². The largest absolute Gasteiger partial charge is 0.384 e. The fourth-order valence-electron chi connectivity index (χ4n) is 2.80. The van der Waals surface area contributed by atoms with Gasteiger partial charge in [-0.15, -0.1) is 0 Å². The van der Waals surface area contributed by atoms with Gasteiger partial charge in [-0.2, -0.15) is 4.98 Å². The van der Waals surface area contributed by atoms with E-state index in [2.05, 4.69) is 44.9 Å². The number of pyridine rings is 1. The molecule has 2 N–H and O–H groups in total. The van der Waals surface area contributed by atoms with Crippen LogP contribution in [0.15, 0.2) is 21.3 Å². The van der Waals surface area contributed by atoms with Crippen LogP contribution >= 0.6 is 15.9 Å². The maximum Gasteiger partial charge on any atom is 0.233 e. The van der Waals surface area contributed by atoms with E-state index in [9.17, 15) is 0 Å². The van der Waals surface area contributed by atoms with Gasteiger partial charge in [0.25, 0.3) is 0 Å². The molecule has 2 aromatic heterocycles. The average Bonchev–Trinajstić information content (AvgIpc) is 2.99. The van der Waals surface area contributed by atoms with Gasteiger partial charge in [-0.05, 0) is 41.8 Å². The lowest BCUT2D eigenvalue weighted by Crippen LogP contribution is -2.15. The van der Waals surface area contributed by atoms with Crippen molar-refractivity contribution in [1.82, 2.24) is 15.1 Å². The van der Waals surface area contributed by atoms with Crippen LogP contribution < -0.4 is 5.73 Å². The molecule has 3 heterocycles. The molecule has 1 fully saturated rings. The summed E-state index contributed by atoms with van der Waals surface area (Å²) in [6.45, 7) is 6.25. The third kappa shape index (κ3) is 2.55. The van der Waals surface area contributed by atoms with E-state index >= 15 is 0 Å². The zero-order valence-corrected chi connectivity index (χ0v) is 13.7. The van der Waals surface area contributed by atoms with Crippen molar-refractivity contribution < 1.29 is 9.26 Å². The number of ether oxygens (including phenoxy) is 1. The Kier molecular flexibility index (Phi) is 3.71. The quantitative estimate of drug-likeness (QED) is 0.893. The topological polar surface area (TPSA) is 87.1 Å². The molecule has 2 aromatic rings. The average molecular weight is 353 g/mol. The zero-order valence-electron chi connectivity index (χ0n) is 12.1. The summed E-state index contributed by atoms with van der Waals surface area (Å²) in [6.07, 6.45) is 1.88. The highest BCUT2D eigenvalue weighted by Gasteiger charge is 2.41. The Morgan fingerprint density at radius 3 is 2.67 bits per heavy atom. The van der Waals surface area contributed by atoms with Crippen LogP contribution in [0.3, 0.4) is 0 Å². The number of anilines is 1. The number of nitrogen functional groups attached to an aromatic ring is 1. The highest BCUT2D eigenvalue weighted by Crippen LogP contribution is 2.39. The fourth-order valence-corrected chi connectivity index (χ4v) is 3.19. The van der Waals surface area contributed by atoms with E-state index < -0.39 is 0 Å². The summed E-state index contributed by atoms with van der Waals surface area (Å²) in [5.41, 5.74) is 6.49. The number of rotatable bonds is 2. The number of hydrogen-bond donors (Lipinski definition) is 1. The predicted molar refractivity (Wildman–Crippen MR) is 81.6 cm³/mol. The molecule has 6 nitrogen and oxygen atoms in total. The number of hydrogen-bond acceptors (Lipinski definition) is 6. The minimum absolute atomic E-state index is 0.0641. The number of nitrogens with zero attached hydrogens (tertiary/aromatic N) is 3. The molecule has 7 heteroatoms. The maximum atomic E-state index is 5.83. The van der Waals surface area contributed by atoms with Gasteiger partial charge in [-0.1, -0.05) is 12.1 Å². The molecule has 1 aliphatic rings. The van der Waals surface area contributed by atoms with Gasteiger partial charge >= 0.3 is 0 Å². The van der Waals surface area contributed by atoms with Gasteiger partial charge in [-0.3, -0.25) is 0 Å². The summed E-state index contributed by atoms with van der Waals surface area (Å²) in [5, 5.41) is 4.07.